The van der Waals surface area contributed by atoms with Crippen molar-refractivity contribution in [1.29, 1.82) is 5.26 Å². The highest BCUT2D eigenvalue weighted by molar-refractivity contribution is 5.36. The van der Waals surface area contributed by atoms with Gasteiger partial charge in [-0.2, -0.15) is 5.26 Å². The van der Waals surface area contributed by atoms with Crippen LogP contribution in [0.15, 0.2) is 48.2 Å². The van der Waals surface area contributed by atoms with Crippen LogP contribution in [0, 0.1) is 17.1 Å². The first kappa shape index (κ1) is 12.3. The zero-order valence-corrected chi connectivity index (χ0v) is 9.85. The summed E-state index contributed by atoms with van der Waals surface area (Å²) < 4.78 is 26.6. The molecule has 1 aliphatic heterocycles. The van der Waals surface area contributed by atoms with Crippen LogP contribution in [-0.4, -0.2) is 11.2 Å². The highest BCUT2D eigenvalue weighted by atomic mass is 19.1. The van der Waals surface area contributed by atoms with Crippen LogP contribution in [-0.2, 0) is 0 Å². The van der Waals surface area contributed by atoms with E-state index in [2.05, 4.69) is 0 Å². The van der Waals surface area contributed by atoms with E-state index in [1.54, 1.807) is 12.1 Å². The summed E-state index contributed by atoms with van der Waals surface area (Å²) in [5.41, 5.74) is 1.20. The maximum atomic E-state index is 13.8. The number of halogens is 2. The van der Waals surface area contributed by atoms with Crippen molar-refractivity contribution in [3.63, 3.8) is 0 Å². The smallest absolute Gasteiger partial charge is 0.191 e. The van der Waals surface area contributed by atoms with Gasteiger partial charge in [-0.15, -0.1) is 0 Å². The third kappa shape index (κ3) is 2.40. The lowest BCUT2D eigenvalue weighted by atomic mass is 10.1. The molecule has 0 N–H and O–H groups in total. The number of nitrogens with zero attached hydrogens (tertiary/aromatic N) is 2. The van der Waals surface area contributed by atoms with Crippen molar-refractivity contribution in [2.24, 2.45) is 0 Å². The largest absolute Gasteiger partial charge is 0.337 e. The van der Waals surface area contributed by atoms with E-state index >= 15 is 0 Å². The average Bonchev–Trinajstić information content (AvgIpc) is 2.39. The predicted octanol–water partition coefficient (Wildman–Crippen LogP) is 3.46. The highest BCUT2D eigenvalue weighted by Gasteiger charge is 2.22. The third-order valence-corrected chi connectivity index (χ3v) is 2.94. The van der Waals surface area contributed by atoms with Gasteiger partial charge < -0.3 is 4.90 Å². The molecule has 0 amide bonds. The standard InChI is InChI=1S/C14H12F2N2/c1-10(12-3-5-13(15)6-4-12)18-9-11(8-17)2-7-14(18)16/h2-7,9-10,14H,1H3/t10?,14-/m1/s1. The van der Waals surface area contributed by atoms with Crippen molar-refractivity contribution in [2.45, 2.75) is 19.3 Å². The Morgan fingerprint density at radius 3 is 2.61 bits per heavy atom. The van der Waals surface area contributed by atoms with Crippen LogP contribution < -0.4 is 0 Å². The van der Waals surface area contributed by atoms with Gasteiger partial charge in [0.2, 0.25) is 0 Å². The highest BCUT2D eigenvalue weighted by Crippen LogP contribution is 2.27. The fraction of sp³-hybridized carbons (Fsp3) is 0.214. The fourth-order valence-electron chi connectivity index (χ4n) is 1.86. The van der Waals surface area contributed by atoms with Crippen molar-refractivity contribution < 1.29 is 8.78 Å². The van der Waals surface area contributed by atoms with E-state index < -0.39 is 6.30 Å². The van der Waals surface area contributed by atoms with E-state index in [9.17, 15) is 8.78 Å². The molecule has 4 heteroatoms. The van der Waals surface area contributed by atoms with Crippen molar-refractivity contribution >= 4 is 0 Å². The third-order valence-electron chi connectivity index (χ3n) is 2.94. The minimum Gasteiger partial charge on any atom is -0.337 e. The van der Waals surface area contributed by atoms with Crippen molar-refractivity contribution in [3.05, 3.63) is 59.6 Å². The Morgan fingerprint density at radius 2 is 2.00 bits per heavy atom. The molecule has 1 unspecified atom stereocenters. The summed E-state index contributed by atoms with van der Waals surface area (Å²) >= 11 is 0. The van der Waals surface area contributed by atoms with Crippen molar-refractivity contribution in [1.82, 2.24) is 4.90 Å². The molecular weight excluding hydrogens is 234 g/mol. The van der Waals surface area contributed by atoms with Crippen LogP contribution in [0.3, 0.4) is 0 Å². The van der Waals surface area contributed by atoms with Gasteiger partial charge in [0.1, 0.15) is 11.9 Å². The molecule has 0 saturated heterocycles. The summed E-state index contributed by atoms with van der Waals surface area (Å²) in [6.07, 6.45) is 3.00. The van der Waals surface area contributed by atoms with Gasteiger partial charge in [0, 0.05) is 6.20 Å². The lowest BCUT2D eigenvalue weighted by molar-refractivity contribution is 0.134. The molecule has 0 aliphatic carbocycles. The first-order valence-electron chi connectivity index (χ1n) is 5.59. The molecule has 1 aliphatic rings. The van der Waals surface area contributed by atoms with E-state index in [4.69, 9.17) is 5.26 Å². The molecule has 0 fully saturated rings. The summed E-state index contributed by atoms with van der Waals surface area (Å²) in [7, 11) is 0. The van der Waals surface area contributed by atoms with Gasteiger partial charge >= 0.3 is 0 Å². The Labute approximate surface area is 104 Å². The molecule has 0 radical (unpaired) electrons. The molecule has 2 nitrogen and oxygen atoms in total. The average molecular weight is 246 g/mol. The zero-order valence-electron chi connectivity index (χ0n) is 9.85. The van der Waals surface area contributed by atoms with E-state index in [1.165, 1.54) is 35.4 Å². The molecule has 18 heavy (non-hydrogen) atoms. The minimum absolute atomic E-state index is 0.270. The Hall–Kier alpha value is -2.15. The number of hydrogen-bond donors (Lipinski definition) is 0. The summed E-state index contributed by atoms with van der Waals surface area (Å²) in [4.78, 5) is 1.44. The number of nitriles is 1. The fourth-order valence-corrected chi connectivity index (χ4v) is 1.86. The lowest BCUT2D eigenvalue weighted by Crippen LogP contribution is -2.30. The first-order chi connectivity index (χ1) is 8.61. The zero-order chi connectivity index (χ0) is 13.1. The number of allylic oxidation sites excluding steroid dienone is 2. The number of alkyl halides is 1. The van der Waals surface area contributed by atoms with Crippen molar-refractivity contribution in [3.8, 4) is 6.07 Å². The van der Waals surface area contributed by atoms with E-state index in [-0.39, 0.29) is 11.9 Å². The quantitative estimate of drug-likeness (QED) is 0.747. The molecule has 92 valence electrons. The molecule has 0 bridgehead atoms. The minimum atomic E-state index is -1.28. The normalized spacial score (nSPS) is 20.2. The number of benzene rings is 1. The molecule has 2 atom stereocenters. The predicted molar refractivity (Wildman–Crippen MR) is 64.4 cm³/mol. The summed E-state index contributed by atoms with van der Waals surface area (Å²) in [5, 5.41) is 8.82. The second-order valence-electron chi connectivity index (χ2n) is 4.10. The maximum absolute atomic E-state index is 13.8. The molecule has 0 saturated carbocycles. The van der Waals surface area contributed by atoms with Crippen LogP contribution in [0.2, 0.25) is 0 Å². The Morgan fingerprint density at radius 1 is 1.33 bits per heavy atom. The van der Waals surface area contributed by atoms with Gasteiger partial charge in [-0.1, -0.05) is 12.1 Å². The van der Waals surface area contributed by atoms with Crippen LogP contribution in [0.4, 0.5) is 8.78 Å². The van der Waals surface area contributed by atoms with E-state index in [0.29, 0.717) is 5.57 Å². The Kier molecular flexibility index (Phi) is 3.42. The number of hydrogen-bond acceptors (Lipinski definition) is 2. The lowest BCUT2D eigenvalue weighted by Gasteiger charge is -2.31. The van der Waals surface area contributed by atoms with Gasteiger partial charge in [0.05, 0.1) is 11.6 Å². The molecule has 1 heterocycles. The molecule has 1 aromatic rings. The Balaban J connectivity index is 2.26. The van der Waals surface area contributed by atoms with Gasteiger partial charge in [-0.05, 0) is 36.8 Å². The van der Waals surface area contributed by atoms with Gasteiger partial charge in [0.25, 0.3) is 0 Å². The first-order valence-corrected chi connectivity index (χ1v) is 5.59. The van der Waals surface area contributed by atoms with Gasteiger partial charge in [0.15, 0.2) is 6.30 Å². The monoisotopic (exact) mass is 246 g/mol. The van der Waals surface area contributed by atoms with Crippen LogP contribution in [0.5, 0.6) is 0 Å². The van der Waals surface area contributed by atoms with Gasteiger partial charge in [-0.25, -0.2) is 8.78 Å². The second-order valence-corrected chi connectivity index (χ2v) is 4.10. The molecule has 0 aromatic heterocycles. The SMILES string of the molecule is CC(c1ccc(F)cc1)N1C=C(C#N)C=C[C@@H]1F. The summed E-state index contributed by atoms with van der Waals surface area (Å²) in [6.45, 7) is 1.81. The molecule has 2 rings (SSSR count). The van der Waals surface area contributed by atoms with Crippen LogP contribution in [0.1, 0.15) is 18.5 Å². The molecule has 1 aromatic carbocycles. The van der Waals surface area contributed by atoms with Crippen LogP contribution in [0.25, 0.3) is 0 Å². The van der Waals surface area contributed by atoms with E-state index in [0.717, 1.165) is 5.56 Å². The summed E-state index contributed by atoms with van der Waals surface area (Å²) in [6, 6.07) is 7.62. The second kappa shape index (κ2) is 5.01. The molecule has 0 spiro atoms. The van der Waals surface area contributed by atoms with Crippen molar-refractivity contribution in [2.75, 3.05) is 0 Å². The van der Waals surface area contributed by atoms with Gasteiger partial charge in [-0.3, -0.25) is 0 Å². The molecular formula is C14H12F2N2. The number of rotatable bonds is 2. The topological polar surface area (TPSA) is 27.0 Å². The Bertz CT molecular complexity index is 526. The maximum Gasteiger partial charge on any atom is 0.191 e. The van der Waals surface area contributed by atoms with E-state index in [1.807, 2.05) is 13.0 Å². The van der Waals surface area contributed by atoms with Crippen LogP contribution >= 0.6 is 0 Å². The summed E-state index contributed by atoms with van der Waals surface area (Å²) in [5.74, 6) is -0.324.